The van der Waals surface area contributed by atoms with E-state index in [2.05, 4.69) is 18.8 Å². The van der Waals surface area contributed by atoms with Crippen LogP contribution in [0.3, 0.4) is 0 Å². The lowest BCUT2D eigenvalue weighted by molar-refractivity contribution is 0.0668. The summed E-state index contributed by atoms with van der Waals surface area (Å²) >= 11 is 0. The quantitative estimate of drug-likeness (QED) is 0.913. The molecule has 1 N–H and O–H groups in total. The molecule has 0 radical (unpaired) electrons. The van der Waals surface area contributed by atoms with Crippen LogP contribution >= 0.6 is 0 Å². The molecule has 0 spiro atoms. The van der Waals surface area contributed by atoms with Crippen molar-refractivity contribution in [2.24, 2.45) is 5.41 Å². The molecular weight excluding hydrogens is 249 g/mol. The van der Waals surface area contributed by atoms with Crippen molar-refractivity contribution in [2.45, 2.75) is 45.6 Å². The van der Waals surface area contributed by atoms with Crippen molar-refractivity contribution < 1.29 is 19.0 Å². The molecule has 0 aromatic carbocycles. The van der Waals surface area contributed by atoms with Gasteiger partial charge in [-0.15, -0.1) is 0 Å². The van der Waals surface area contributed by atoms with Crippen LogP contribution in [0, 0.1) is 11.2 Å². The maximum absolute atomic E-state index is 13.0. The number of hydrogen-bond donors (Lipinski definition) is 1. The fraction of sp³-hybridized carbons (Fsp3) is 0.571. The zero-order valence-electron chi connectivity index (χ0n) is 11.1. The van der Waals surface area contributed by atoms with E-state index in [9.17, 15) is 9.18 Å². The second-order valence-electron chi connectivity index (χ2n) is 5.79. The predicted octanol–water partition coefficient (Wildman–Crippen LogP) is 3.27. The smallest absolute Gasteiger partial charge is 0.341 e. The molecule has 0 aliphatic heterocycles. The van der Waals surface area contributed by atoms with E-state index in [0.29, 0.717) is 5.41 Å². The molecule has 1 heterocycles. The van der Waals surface area contributed by atoms with E-state index < -0.39 is 11.8 Å². The molecule has 0 atom stereocenters. The number of rotatable bonds is 3. The molecule has 1 fully saturated rings. The molecule has 0 bridgehead atoms. The molecule has 0 unspecified atom stereocenters. The number of aromatic carboxylic acids is 1. The Morgan fingerprint density at radius 2 is 2.11 bits per heavy atom. The SMILES string of the molecule is CC1(C)CCC(Oc2ncc(F)cc2C(=O)O)CC1. The zero-order chi connectivity index (χ0) is 14.0. The molecule has 4 nitrogen and oxygen atoms in total. The largest absolute Gasteiger partial charge is 0.477 e. The van der Waals surface area contributed by atoms with Crippen LogP contribution in [0.5, 0.6) is 5.88 Å². The maximum Gasteiger partial charge on any atom is 0.341 e. The molecule has 1 saturated carbocycles. The van der Waals surface area contributed by atoms with Gasteiger partial charge >= 0.3 is 5.97 Å². The summed E-state index contributed by atoms with van der Waals surface area (Å²) in [6, 6.07) is 0.942. The lowest BCUT2D eigenvalue weighted by atomic mass is 9.76. The minimum atomic E-state index is -1.22. The van der Waals surface area contributed by atoms with E-state index in [4.69, 9.17) is 9.84 Å². The highest BCUT2D eigenvalue weighted by Crippen LogP contribution is 2.36. The van der Waals surface area contributed by atoms with E-state index >= 15 is 0 Å². The van der Waals surface area contributed by atoms with Crippen molar-refractivity contribution in [3.8, 4) is 5.88 Å². The Balaban J connectivity index is 2.10. The summed E-state index contributed by atoms with van der Waals surface area (Å²) in [7, 11) is 0. The van der Waals surface area contributed by atoms with E-state index in [0.717, 1.165) is 37.9 Å². The van der Waals surface area contributed by atoms with Gasteiger partial charge in [0.1, 0.15) is 17.5 Å². The molecule has 0 amide bonds. The van der Waals surface area contributed by atoms with Gasteiger partial charge in [-0.1, -0.05) is 13.8 Å². The summed E-state index contributed by atoms with van der Waals surface area (Å²) in [4.78, 5) is 14.8. The average Bonchev–Trinajstić information content (AvgIpc) is 2.33. The van der Waals surface area contributed by atoms with Crippen LogP contribution in [0.1, 0.15) is 49.9 Å². The topological polar surface area (TPSA) is 59.4 Å². The molecule has 19 heavy (non-hydrogen) atoms. The number of carboxylic acids is 1. The summed E-state index contributed by atoms with van der Waals surface area (Å²) in [5.74, 6) is -1.88. The van der Waals surface area contributed by atoms with Gasteiger partial charge in [-0.2, -0.15) is 0 Å². The monoisotopic (exact) mass is 267 g/mol. The molecule has 1 aromatic rings. The fourth-order valence-corrected chi connectivity index (χ4v) is 2.32. The number of hydrogen-bond acceptors (Lipinski definition) is 3. The van der Waals surface area contributed by atoms with Gasteiger partial charge in [-0.3, -0.25) is 0 Å². The first-order chi connectivity index (χ1) is 8.87. The Morgan fingerprint density at radius 3 is 2.68 bits per heavy atom. The van der Waals surface area contributed by atoms with Crippen LogP contribution in [-0.4, -0.2) is 22.2 Å². The number of carbonyl (C=O) groups is 1. The number of nitrogens with zero attached hydrogens (tertiary/aromatic N) is 1. The van der Waals surface area contributed by atoms with E-state index in [1.54, 1.807) is 0 Å². The van der Waals surface area contributed by atoms with Gasteiger partial charge in [0.2, 0.25) is 5.88 Å². The third-order valence-corrected chi connectivity index (χ3v) is 3.61. The van der Waals surface area contributed by atoms with Gasteiger partial charge in [0.15, 0.2) is 0 Å². The second kappa shape index (κ2) is 5.15. The molecule has 5 heteroatoms. The zero-order valence-corrected chi connectivity index (χ0v) is 11.1. The van der Waals surface area contributed by atoms with Crippen LogP contribution < -0.4 is 4.74 Å². The van der Waals surface area contributed by atoms with Gasteiger partial charge < -0.3 is 9.84 Å². The van der Waals surface area contributed by atoms with Gasteiger partial charge in [0.25, 0.3) is 0 Å². The van der Waals surface area contributed by atoms with E-state index in [1.165, 1.54) is 0 Å². The van der Waals surface area contributed by atoms with Gasteiger partial charge in [-0.05, 0) is 37.2 Å². The first kappa shape index (κ1) is 13.8. The minimum absolute atomic E-state index is 0.0126. The van der Waals surface area contributed by atoms with Crippen LogP contribution in [-0.2, 0) is 0 Å². The van der Waals surface area contributed by atoms with Crippen molar-refractivity contribution >= 4 is 5.97 Å². The van der Waals surface area contributed by atoms with Crippen molar-refractivity contribution in [1.82, 2.24) is 4.98 Å². The highest BCUT2D eigenvalue weighted by molar-refractivity contribution is 5.90. The molecule has 104 valence electrons. The van der Waals surface area contributed by atoms with Gasteiger partial charge in [-0.25, -0.2) is 14.2 Å². The van der Waals surface area contributed by atoms with Crippen molar-refractivity contribution in [1.29, 1.82) is 0 Å². The molecular formula is C14H18FNO3. The fourth-order valence-electron chi connectivity index (χ4n) is 2.32. The van der Waals surface area contributed by atoms with Crippen LogP contribution in [0.15, 0.2) is 12.3 Å². The lowest BCUT2D eigenvalue weighted by Crippen LogP contribution is -2.29. The summed E-state index contributed by atoms with van der Waals surface area (Å²) in [6.45, 7) is 4.42. The van der Waals surface area contributed by atoms with E-state index in [1.807, 2.05) is 0 Å². The van der Waals surface area contributed by atoms with Crippen LogP contribution in [0.2, 0.25) is 0 Å². The normalized spacial score (nSPS) is 19.1. The lowest BCUT2D eigenvalue weighted by Gasteiger charge is -2.34. The first-order valence-corrected chi connectivity index (χ1v) is 6.43. The Kier molecular flexibility index (Phi) is 3.73. The summed E-state index contributed by atoms with van der Waals surface area (Å²) in [5.41, 5.74) is 0.0935. The first-order valence-electron chi connectivity index (χ1n) is 6.43. The predicted molar refractivity (Wildman–Crippen MR) is 67.8 cm³/mol. The standard InChI is InChI=1S/C14H18FNO3/c1-14(2)5-3-10(4-6-14)19-12-11(13(17)18)7-9(15)8-16-12/h7-8,10H,3-6H2,1-2H3,(H,17,18). The number of carboxylic acid groups (broad SMARTS) is 1. The number of pyridine rings is 1. The van der Waals surface area contributed by atoms with Crippen LogP contribution in [0.4, 0.5) is 4.39 Å². The van der Waals surface area contributed by atoms with Crippen LogP contribution in [0.25, 0.3) is 0 Å². The average molecular weight is 267 g/mol. The van der Waals surface area contributed by atoms with Gasteiger partial charge in [0, 0.05) is 0 Å². The Bertz CT molecular complexity index is 478. The minimum Gasteiger partial charge on any atom is -0.477 e. The Morgan fingerprint density at radius 1 is 1.47 bits per heavy atom. The molecule has 1 aliphatic rings. The van der Waals surface area contributed by atoms with Crippen molar-refractivity contribution in [2.75, 3.05) is 0 Å². The van der Waals surface area contributed by atoms with Crippen molar-refractivity contribution in [3.63, 3.8) is 0 Å². The highest BCUT2D eigenvalue weighted by Gasteiger charge is 2.29. The highest BCUT2D eigenvalue weighted by atomic mass is 19.1. The summed E-state index contributed by atoms with van der Waals surface area (Å²) in [6.07, 6.45) is 4.73. The third-order valence-electron chi connectivity index (χ3n) is 3.61. The Hall–Kier alpha value is -1.65. The molecule has 1 aliphatic carbocycles. The molecule has 2 rings (SSSR count). The maximum atomic E-state index is 13.0. The van der Waals surface area contributed by atoms with Crippen molar-refractivity contribution in [3.05, 3.63) is 23.6 Å². The number of halogens is 1. The second-order valence-corrected chi connectivity index (χ2v) is 5.79. The molecule has 1 aromatic heterocycles. The Labute approximate surface area is 111 Å². The third kappa shape index (κ3) is 3.43. The van der Waals surface area contributed by atoms with Gasteiger partial charge in [0.05, 0.1) is 6.20 Å². The molecule has 0 saturated heterocycles. The van der Waals surface area contributed by atoms with E-state index in [-0.39, 0.29) is 17.5 Å². The number of ether oxygens (including phenoxy) is 1. The number of aromatic nitrogens is 1. The summed E-state index contributed by atoms with van der Waals surface area (Å²) in [5, 5.41) is 9.02. The summed E-state index contributed by atoms with van der Waals surface area (Å²) < 4.78 is 18.6.